The van der Waals surface area contributed by atoms with E-state index in [1.807, 2.05) is 0 Å². The fourth-order valence-electron chi connectivity index (χ4n) is 1.99. The van der Waals surface area contributed by atoms with E-state index in [4.69, 9.17) is 4.74 Å². The van der Waals surface area contributed by atoms with Crippen molar-refractivity contribution in [2.75, 3.05) is 13.7 Å². The zero-order valence-electron chi connectivity index (χ0n) is 9.44. The average Bonchev–Trinajstić information content (AvgIpc) is 2.85. The van der Waals surface area contributed by atoms with Gasteiger partial charge in [-0.05, 0) is 0 Å². The number of hydrogen-bond donors (Lipinski definition) is 1. The topological polar surface area (TPSA) is 62.7 Å². The lowest BCUT2D eigenvalue weighted by Crippen LogP contribution is -2.67. The molecule has 1 aliphatic rings. The van der Waals surface area contributed by atoms with Gasteiger partial charge in [0.1, 0.15) is 11.1 Å². The van der Waals surface area contributed by atoms with Crippen LogP contribution in [-0.2, 0) is 9.53 Å². The van der Waals surface area contributed by atoms with Gasteiger partial charge in [0, 0.05) is 25.2 Å². The Kier molecular flexibility index (Phi) is 3.56. The number of aliphatic hydroxyl groups is 1. The zero-order chi connectivity index (χ0) is 12.4. The number of nitrogens with zero attached hydrogens (tertiary/aromatic N) is 2. The van der Waals surface area contributed by atoms with Crippen molar-refractivity contribution < 1.29 is 14.6 Å². The third-order valence-corrected chi connectivity index (χ3v) is 3.65. The highest BCUT2D eigenvalue weighted by atomic mass is 32.1. The molecule has 5 nitrogen and oxygen atoms in total. The number of amides is 1. The number of likely N-dealkylation sites (tertiary alicyclic amines) is 1. The molecule has 2 rings (SSSR count). The van der Waals surface area contributed by atoms with Crippen molar-refractivity contribution in [1.29, 1.82) is 0 Å². The summed E-state index contributed by atoms with van der Waals surface area (Å²) in [5.74, 6) is -0.118. The van der Waals surface area contributed by atoms with Gasteiger partial charge in [0.05, 0.1) is 6.04 Å². The molecule has 0 aromatic carbocycles. The van der Waals surface area contributed by atoms with E-state index in [-0.39, 0.29) is 11.9 Å². The molecule has 0 bridgehead atoms. The third kappa shape index (κ3) is 1.99. The Morgan fingerprint density at radius 1 is 1.82 bits per heavy atom. The minimum absolute atomic E-state index is 0.118. The summed E-state index contributed by atoms with van der Waals surface area (Å²) in [4.78, 5) is 17.3. The number of hydrogen-bond acceptors (Lipinski definition) is 5. The van der Waals surface area contributed by atoms with Gasteiger partial charge < -0.3 is 14.7 Å². The molecule has 2 heterocycles. The van der Waals surface area contributed by atoms with Crippen LogP contribution in [0.5, 0.6) is 0 Å². The van der Waals surface area contributed by atoms with E-state index in [2.05, 4.69) is 11.6 Å². The van der Waals surface area contributed by atoms with Gasteiger partial charge in [-0.25, -0.2) is 4.98 Å². The molecule has 0 unspecified atom stereocenters. The normalized spacial score (nSPS) is 25.5. The van der Waals surface area contributed by atoms with Crippen molar-refractivity contribution in [3.63, 3.8) is 0 Å². The summed E-state index contributed by atoms with van der Waals surface area (Å²) >= 11 is 1.36. The van der Waals surface area contributed by atoms with E-state index in [9.17, 15) is 9.90 Å². The first-order valence-electron chi connectivity index (χ1n) is 5.22. The zero-order valence-corrected chi connectivity index (χ0v) is 10.3. The van der Waals surface area contributed by atoms with Gasteiger partial charge in [0.25, 0.3) is 5.91 Å². The van der Waals surface area contributed by atoms with Crippen molar-refractivity contribution in [3.8, 4) is 0 Å². The van der Waals surface area contributed by atoms with Crippen LogP contribution in [0.3, 0.4) is 0 Å². The van der Waals surface area contributed by atoms with Crippen LogP contribution >= 0.6 is 11.3 Å². The highest BCUT2D eigenvalue weighted by Gasteiger charge is 2.51. The lowest BCUT2D eigenvalue weighted by molar-refractivity contribution is -0.179. The molecule has 1 N–H and O–H groups in total. The van der Waals surface area contributed by atoms with Crippen molar-refractivity contribution in [2.45, 2.75) is 18.2 Å². The number of rotatable bonds is 5. The second-order valence-corrected chi connectivity index (χ2v) is 4.67. The van der Waals surface area contributed by atoms with Crippen LogP contribution < -0.4 is 0 Å². The average molecular weight is 254 g/mol. The second kappa shape index (κ2) is 4.95. The number of thiazole rings is 1. The van der Waals surface area contributed by atoms with E-state index < -0.39 is 12.2 Å². The Morgan fingerprint density at radius 2 is 2.59 bits per heavy atom. The summed E-state index contributed by atoms with van der Waals surface area (Å²) in [5.41, 5.74) is 0. The molecular formula is C11H14N2O3S. The summed E-state index contributed by atoms with van der Waals surface area (Å²) in [6, 6.07) is -0.378. The molecule has 1 fully saturated rings. The molecule has 1 aromatic rings. The molecule has 1 aliphatic heterocycles. The van der Waals surface area contributed by atoms with Crippen LogP contribution in [0.2, 0.25) is 0 Å². The van der Waals surface area contributed by atoms with Crippen LogP contribution in [0.4, 0.5) is 0 Å². The molecule has 92 valence electrons. The summed E-state index contributed by atoms with van der Waals surface area (Å²) in [6.45, 7) is 4.00. The second-order valence-electron chi connectivity index (χ2n) is 3.74. The highest BCUT2D eigenvalue weighted by Crippen LogP contribution is 2.33. The van der Waals surface area contributed by atoms with Gasteiger partial charge in [0.2, 0.25) is 0 Å². The van der Waals surface area contributed by atoms with Gasteiger partial charge in [-0.15, -0.1) is 17.9 Å². The molecule has 0 aliphatic carbocycles. The van der Waals surface area contributed by atoms with E-state index in [1.54, 1.807) is 22.6 Å². The van der Waals surface area contributed by atoms with Crippen molar-refractivity contribution in [3.05, 3.63) is 29.2 Å². The maximum atomic E-state index is 11.7. The molecule has 17 heavy (non-hydrogen) atoms. The van der Waals surface area contributed by atoms with Crippen molar-refractivity contribution in [2.24, 2.45) is 0 Å². The van der Waals surface area contributed by atoms with Gasteiger partial charge in [-0.1, -0.05) is 6.08 Å². The Labute approximate surface area is 103 Å². The maximum absolute atomic E-state index is 11.7. The number of aliphatic hydroxyl groups excluding tert-OH is 1. The summed E-state index contributed by atoms with van der Waals surface area (Å²) in [5, 5.41) is 12.6. The number of carbonyl (C=O) groups is 1. The Morgan fingerprint density at radius 3 is 3.12 bits per heavy atom. The Hall–Kier alpha value is -1.24. The first-order valence-corrected chi connectivity index (χ1v) is 6.10. The fraction of sp³-hybridized carbons (Fsp3) is 0.455. The van der Waals surface area contributed by atoms with Crippen LogP contribution in [0.25, 0.3) is 0 Å². The minimum atomic E-state index is -0.808. The summed E-state index contributed by atoms with van der Waals surface area (Å²) < 4.78 is 5.10. The number of carbonyl (C=O) groups excluding carboxylic acids is 1. The Bertz CT molecular complexity index is 407. The van der Waals surface area contributed by atoms with Gasteiger partial charge >= 0.3 is 0 Å². The lowest BCUT2D eigenvalue weighted by atomic mass is 9.92. The largest absolute Gasteiger partial charge is 0.384 e. The van der Waals surface area contributed by atoms with Crippen molar-refractivity contribution in [1.82, 2.24) is 9.88 Å². The van der Waals surface area contributed by atoms with Crippen LogP contribution in [-0.4, -0.2) is 46.7 Å². The van der Waals surface area contributed by atoms with Crippen LogP contribution in [0.1, 0.15) is 11.1 Å². The summed E-state index contributed by atoms with van der Waals surface area (Å²) in [6.07, 6.45) is 1.86. The molecule has 3 atom stereocenters. The molecule has 0 saturated carbocycles. The molecule has 1 aromatic heterocycles. The fourth-order valence-corrected chi connectivity index (χ4v) is 2.65. The van der Waals surface area contributed by atoms with Crippen LogP contribution in [0.15, 0.2) is 24.2 Å². The van der Waals surface area contributed by atoms with E-state index in [1.165, 1.54) is 18.4 Å². The van der Waals surface area contributed by atoms with Gasteiger partial charge in [-0.3, -0.25) is 4.79 Å². The third-order valence-electron chi connectivity index (χ3n) is 2.80. The summed E-state index contributed by atoms with van der Waals surface area (Å²) in [7, 11) is 1.47. The standard InChI is InChI=1S/C11H14N2O3S/c1-3-5-13-7(9(16-2)11(13)15)8(14)10-12-4-6-17-10/h3-4,6-9,14H,1,5H2,2H3/t7-,8-,9+/m0/s1. The van der Waals surface area contributed by atoms with E-state index in [0.717, 1.165) is 0 Å². The van der Waals surface area contributed by atoms with Gasteiger partial charge in [0.15, 0.2) is 6.10 Å². The molecule has 0 radical (unpaired) electrons. The first-order chi connectivity index (χ1) is 8.20. The molecule has 1 amide bonds. The highest BCUT2D eigenvalue weighted by molar-refractivity contribution is 7.09. The first kappa shape index (κ1) is 12.2. The quantitative estimate of drug-likeness (QED) is 0.617. The number of methoxy groups -OCH3 is 1. The predicted octanol–water partition coefficient (Wildman–Crippen LogP) is 0.588. The molecule has 6 heteroatoms. The monoisotopic (exact) mass is 254 g/mol. The SMILES string of the molecule is C=CCN1C(=O)[C@H](OC)[C@@H]1[C@H](O)c1nccs1. The smallest absolute Gasteiger partial charge is 0.254 e. The minimum Gasteiger partial charge on any atom is -0.384 e. The number of aromatic nitrogens is 1. The number of ether oxygens (including phenoxy) is 1. The maximum Gasteiger partial charge on any atom is 0.254 e. The van der Waals surface area contributed by atoms with Crippen molar-refractivity contribution >= 4 is 17.2 Å². The van der Waals surface area contributed by atoms with Gasteiger partial charge in [-0.2, -0.15) is 0 Å². The molecular weight excluding hydrogens is 240 g/mol. The number of β-lactam (4-membered cyclic amide) rings is 1. The van der Waals surface area contributed by atoms with E-state index >= 15 is 0 Å². The molecule has 1 saturated heterocycles. The van der Waals surface area contributed by atoms with E-state index in [0.29, 0.717) is 11.6 Å². The predicted molar refractivity (Wildman–Crippen MR) is 63.6 cm³/mol. The Balaban J connectivity index is 2.16. The lowest BCUT2D eigenvalue weighted by Gasteiger charge is -2.47. The molecule has 0 spiro atoms. The van der Waals surface area contributed by atoms with Crippen LogP contribution in [0, 0.1) is 0 Å².